The Balaban J connectivity index is 0.000000164. The number of hydrogen-bond acceptors (Lipinski definition) is 3. The molecule has 1 aliphatic carbocycles. The van der Waals surface area contributed by atoms with Gasteiger partial charge < -0.3 is 39.7 Å². The summed E-state index contributed by atoms with van der Waals surface area (Å²) in [6.45, 7) is 54.7. The molecule has 5 heterocycles. The van der Waals surface area contributed by atoms with E-state index in [0.29, 0.717) is 12.5 Å². The number of benzene rings is 5. The molecule has 0 unspecified atom stereocenters. The quantitative estimate of drug-likeness (QED) is 0.0806. The molecule has 0 aliphatic heterocycles. The minimum atomic E-state index is -0.464. The number of rotatable bonds is 9. The smallest absolute Gasteiger partial charge is 0.407 e. The predicted molar refractivity (Wildman–Crippen MR) is 397 cm³/mol. The first-order valence-electron chi connectivity index (χ1n) is 34.3. The average molecular weight is 1250 g/mol. The predicted octanol–water partition coefficient (Wildman–Crippen LogP) is 23.1. The number of aromatic amines is 5. The van der Waals surface area contributed by atoms with Crippen molar-refractivity contribution in [3.8, 4) is 0 Å². The Morgan fingerprint density at radius 2 is 0.826 bits per heavy atom. The van der Waals surface area contributed by atoms with Crippen molar-refractivity contribution in [3.05, 3.63) is 178 Å². The summed E-state index contributed by atoms with van der Waals surface area (Å²) in [7, 11) is 0. The van der Waals surface area contributed by atoms with Gasteiger partial charge in [0.05, 0.1) is 6.61 Å². The molecule has 1 fully saturated rings. The third-order valence-corrected chi connectivity index (χ3v) is 18.0. The van der Waals surface area contributed by atoms with Gasteiger partial charge in [0.15, 0.2) is 0 Å². The Hall–Kier alpha value is -6.97. The summed E-state index contributed by atoms with van der Waals surface area (Å²) < 4.78 is 10.7. The van der Waals surface area contributed by atoms with Gasteiger partial charge in [0.1, 0.15) is 5.60 Å². The van der Waals surface area contributed by atoms with E-state index in [0.717, 1.165) is 37.5 Å². The van der Waals surface area contributed by atoms with E-state index in [1.54, 1.807) is 5.56 Å². The first-order valence-corrected chi connectivity index (χ1v) is 34.3. The molecule has 0 radical (unpaired) electrons. The van der Waals surface area contributed by atoms with Gasteiger partial charge in [-0.1, -0.05) is 212 Å². The van der Waals surface area contributed by atoms with Gasteiger partial charge in [-0.05, 0) is 184 Å². The Morgan fingerprint density at radius 1 is 0.457 bits per heavy atom. The van der Waals surface area contributed by atoms with E-state index in [-0.39, 0.29) is 38.6 Å². The number of ether oxygens (including phenoxy) is 2. The van der Waals surface area contributed by atoms with E-state index in [2.05, 4.69) is 284 Å². The third-order valence-electron chi connectivity index (χ3n) is 18.0. The molecule has 6 N–H and O–H groups in total. The van der Waals surface area contributed by atoms with Crippen molar-refractivity contribution in [1.29, 1.82) is 0 Å². The molecule has 1 amide bonds. The molecule has 0 bridgehead atoms. The molecule has 5 aromatic heterocycles. The Labute approximate surface area is 554 Å². The van der Waals surface area contributed by atoms with E-state index in [9.17, 15) is 4.79 Å². The molecule has 0 saturated heterocycles. The van der Waals surface area contributed by atoms with Gasteiger partial charge in [-0.3, -0.25) is 0 Å². The normalized spacial score (nSPS) is 13.6. The maximum Gasteiger partial charge on any atom is 0.407 e. The summed E-state index contributed by atoms with van der Waals surface area (Å²) >= 11 is 0. The van der Waals surface area contributed by atoms with Crippen LogP contribution in [0.25, 0.3) is 54.5 Å². The van der Waals surface area contributed by atoms with E-state index >= 15 is 0 Å². The van der Waals surface area contributed by atoms with Crippen LogP contribution in [0.2, 0.25) is 0 Å². The second-order valence-electron chi connectivity index (χ2n) is 33.4. The number of fused-ring (bicyclic) bond motifs is 5. The maximum absolute atomic E-state index is 11.7. The average Bonchev–Trinajstić information content (AvgIpc) is 1.69. The molecule has 11 rings (SSSR count). The number of carbonyl (C=O) groups is 1. The number of aromatic nitrogens is 5. The summed E-state index contributed by atoms with van der Waals surface area (Å²) in [4.78, 5) is 28.6. The fraction of sp³-hybridized carbons (Fsp3) is 0.506. The lowest BCUT2D eigenvalue weighted by molar-refractivity contribution is 0.0528. The largest absolute Gasteiger partial charge is 0.444 e. The lowest BCUT2D eigenvalue weighted by Gasteiger charge is -2.20. The first kappa shape index (κ1) is 72.5. The number of hydrogen-bond donors (Lipinski definition) is 6. The second kappa shape index (κ2) is 29.1. The van der Waals surface area contributed by atoms with Gasteiger partial charge in [-0.2, -0.15) is 0 Å². The van der Waals surface area contributed by atoms with Crippen LogP contribution in [0.15, 0.2) is 122 Å². The van der Waals surface area contributed by atoms with Crippen LogP contribution < -0.4 is 5.32 Å². The fourth-order valence-electron chi connectivity index (χ4n) is 12.2. The molecule has 92 heavy (non-hydrogen) atoms. The highest BCUT2D eigenvalue weighted by atomic mass is 16.6. The molecule has 0 spiro atoms. The van der Waals surface area contributed by atoms with Crippen LogP contribution in [0.3, 0.4) is 0 Å². The van der Waals surface area contributed by atoms with E-state index in [4.69, 9.17) is 9.47 Å². The van der Waals surface area contributed by atoms with Crippen molar-refractivity contribution < 1.29 is 14.3 Å². The zero-order valence-electron chi connectivity index (χ0n) is 61.3. The van der Waals surface area contributed by atoms with Crippen molar-refractivity contribution in [3.63, 3.8) is 0 Å². The highest BCUT2D eigenvalue weighted by Crippen LogP contribution is 2.40. The van der Waals surface area contributed by atoms with Gasteiger partial charge in [0, 0.05) is 98.7 Å². The monoisotopic (exact) mass is 1250 g/mol. The SMILES string of the molecule is CC(C)(C)OC(=O)NCCc1c[nH]c2cc(C(C)(C)C)ccc12.CC(C)(C)c1ccc2c(C(C)(C)C)c[nH]c2c1.CC(C)(C)c1ccc2c(C3CCCC3)c[nH]c2c1.CC(C)c1c[nH]c2cc(C(C)(C)C)ccc12.CCOCCc1c[nH]c2cc(C(C)(C)C)ccc12. The third kappa shape index (κ3) is 19.3. The molecular weight excluding hydrogens is 1130 g/mol. The minimum absolute atomic E-state index is 0.137. The molecule has 0 atom stereocenters. The summed E-state index contributed by atoms with van der Waals surface area (Å²) in [5.74, 6) is 1.37. The van der Waals surface area contributed by atoms with Crippen LogP contribution >= 0.6 is 0 Å². The van der Waals surface area contributed by atoms with Crippen molar-refractivity contribution in [2.45, 2.75) is 255 Å². The molecule has 1 saturated carbocycles. The molecule has 1 aliphatic rings. The zero-order valence-corrected chi connectivity index (χ0v) is 61.3. The van der Waals surface area contributed by atoms with Crippen molar-refractivity contribution in [1.82, 2.24) is 30.2 Å². The van der Waals surface area contributed by atoms with Crippen LogP contribution in [-0.2, 0) is 54.8 Å². The summed E-state index contributed by atoms with van der Waals surface area (Å²) in [5.41, 5.74) is 20.7. The maximum atomic E-state index is 11.7. The van der Waals surface area contributed by atoms with Gasteiger partial charge in [-0.25, -0.2) is 4.79 Å². The lowest BCUT2D eigenvalue weighted by atomic mass is 9.84. The Bertz CT molecular complexity index is 4000. The zero-order chi connectivity index (χ0) is 67.9. The fourth-order valence-corrected chi connectivity index (χ4v) is 12.2. The topological polar surface area (TPSA) is 127 Å². The molecule has 9 nitrogen and oxygen atoms in total. The van der Waals surface area contributed by atoms with Crippen LogP contribution in [0.4, 0.5) is 4.79 Å². The summed E-state index contributed by atoms with van der Waals surface area (Å²) in [6, 6.07) is 33.8. The molecule has 5 aromatic carbocycles. The van der Waals surface area contributed by atoms with Gasteiger partial charge in [0.25, 0.3) is 0 Å². The molecular formula is C83H118N6O3. The van der Waals surface area contributed by atoms with Crippen molar-refractivity contribution >= 4 is 60.6 Å². The van der Waals surface area contributed by atoms with Gasteiger partial charge in [-0.15, -0.1) is 0 Å². The number of H-pyrrole nitrogens is 5. The molecule has 9 heteroatoms. The van der Waals surface area contributed by atoms with Gasteiger partial charge in [0.2, 0.25) is 0 Å². The highest BCUT2D eigenvalue weighted by molar-refractivity contribution is 5.88. The Morgan fingerprint density at radius 3 is 1.25 bits per heavy atom. The minimum Gasteiger partial charge on any atom is -0.444 e. The van der Waals surface area contributed by atoms with Gasteiger partial charge >= 0.3 is 6.09 Å². The summed E-state index contributed by atoms with van der Waals surface area (Å²) in [6.07, 6.45) is 17.6. The van der Waals surface area contributed by atoms with E-state index < -0.39 is 5.60 Å². The lowest BCUT2D eigenvalue weighted by Crippen LogP contribution is -2.33. The van der Waals surface area contributed by atoms with E-state index in [1.807, 2.05) is 33.9 Å². The molecule has 10 aromatic rings. The van der Waals surface area contributed by atoms with Crippen molar-refractivity contribution in [2.75, 3.05) is 19.8 Å². The van der Waals surface area contributed by atoms with Crippen LogP contribution in [0.1, 0.15) is 259 Å². The van der Waals surface area contributed by atoms with Crippen LogP contribution in [-0.4, -0.2) is 56.4 Å². The summed E-state index contributed by atoms with van der Waals surface area (Å²) in [5, 5.41) is 9.49. The standard InChI is InChI=1S/C19H28N2O2.C17H23N.C16H23NO.C16H23N.C15H21N/c1-18(2,3)14-7-8-15-13(12-21-16(15)11-14)9-10-20-17(22)23-19(4,5)6;1-17(2,3)13-8-9-14-15(11-18-16(14)10-13)12-6-4-5-7-12;1-5-18-9-8-12-11-17-15-10-13(16(2,3)4)6-7-14(12)15;1-15(2,3)11-7-8-12-13(16(4,5)6)10-17-14(12)9-11;1-10(2)13-9-16-14-8-11(15(3,4)5)6-7-12(13)14/h7-8,11-12,21H,9-10H2,1-6H3,(H,20,22);8-12,18H,4-7H2,1-3H3;6-7,10-11,17H,5,8-9H2,1-4H3;7-10,17H,1-6H3;6-10,16H,1-5H3. The van der Waals surface area contributed by atoms with E-state index in [1.165, 1.54) is 125 Å². The second-order valence-corrected chi connectivity index (χ2v) is 33.4. The molecule has 498 valence electrons. The highest BCUT2D eigenvalue weighted by Gasteiger charge is 2.24. The van der Waals surface area contributed by atoms with Crippen molar-refractivity contribution in [2.24, 2.45) is 0 Å². The number of carbonyl (C=O) groups excluding carboxylic acids is 1. The Kier molecular flexibility index (Phi) is 22.9. The number of alkyl carbamates (subject to hydrolysis) is 1. The van der Waals surface area contributed by atoms with Crippen LogP contribution in [0.5, 0.6) is 0 Å². The number of nitrogens with one attached hydrogen (secondary N) is 6. The first-order chi connectivity index (χ1) is 42.7. The van der Waals surface area contributed by atoms with Crippen LogP contribution in [0, 0.1) is 0 Å². The number of amides is 1.